The number of hydrogen-bond donors (Lipinski definition) is 0. The van der Waals surface area contributed by atoms with Crippen LogP contribution in [0.25, 0.3) is 0 Å². The topological polar surface area (TPSA) is 49.9 Å². The molecule has 1 atom stereocenters. The molecule has 1 fully saturated rings. The summed E-state index contributed by atoms with van der Waals surface area (Å²) in [5.41, 5.74) is -0.953. The summed E-state index contributed by atoms with van der Waals surface area (Å²) in [5.74, 6) is -0.390. The third kappa shape index (κ3) is 2.31. The first-order valence-corrected chi connectivity index (χ1v) is 6.16. The summed E-state index contributed by atoms with van der Waals surface area (Å²) in [6.07, 6.45) is 0. The summed E-state index contributed by atoms with van der Waals surface area (Å²) < 4.78 is 4.78. The number of amides is 2. The van der Waals surface area contributed by atoms with E-state index in [9.17, 15) is 9.59 Å². The maximum Gasteiger partial charge on any atom is 0.331 e. The quantitative estimate of drug-likeness (QED) is 0.707. The van der Waals surface area contributed by atoms with Crippen LogP contribution in [0.1, 0.15) is 34.6 Å². The molecule has 0 N–H and O–H groups in total. The Kier molecular flexibility index (Phi) is 3.65. The van der Waals surface area contributed by atoms with Crippen LogP contribution in [0, 0.1) is 5.41 Å². The van der Waals surface area contributed by atoms with E-state index in [0.717, 1.165) is 0 Å². The number of likely N-dealkylation sites (N-methyl/N-ethyl adjacent to an activating group) is 1. The van der Waals surface area contributed by atoms with Crippen LogP contribution in [0.4, 0.5) is 4.79 Å². The van der Waals surface area contributed by atoms with Crippen LogP contribution in [0.15, 0.2) is 0 Å². The Bertz CT molecular complexity index is 358. The summed E-state index contributed by atoms with van der Waals surface area (Å²) >= 11 is 0. The molecule has 5 heteroatoms. The number of urea groups is 1. The van der Waals surface area contributed by atoms with E-state index < -0.39 is 5.54 Å². The fourth-order valence-corrected chi connectivity index (χ4v) is 2.38. The molecule has 0 saturated carbocycles. The fraction of sp³-hybridized carbons (Fsp3) is 0.846. The van der Waals surface area contributed by atoms with Gasteiger partial charge in [0.15, 0.2) is 0 Å². The van der Waals surface area contributed by atoms with Gasteiger partial charge >= 0.3 is 12.0 Å². The SMILES string of the molecule is COC(=O)C(C)(C)N1CC(C(C)(C)C)N(C)C1=O. The van der Waals surface area contributed by atoms with Crippen molar-refractivity contribution in [1.82, 2.24) is 9.80 Å². The van der Waals surface area contributed by atoms with Crippen LogP contribution in [-0.4, -0.2) is 54.1 Å². The van der Waals surface area contributed by atoms with E-state index in [1.165, 1.54) is 7.11 Å². The first kappa shape index (κ1) is 14.8. The van der Waals surface area contributed by atoms with E-state index in [0.29, 0.717) is 6.54 Å². The molecule has 1 aliphatic rings. The van der Waals surface area contributed by atoms with E-state index in [4.69, 9.17) is 4.74 Å². The zero-order valence-corrected chi connectivity index (χ0v) is 12.4. The van der Waals surface area contributed by atoms with Gasteiger partial charge in [0.25, 0.3) is 0 Å². The number of hydrogen-bond acceptors (Lipinski definition) is 3. The van der Waals surface area contributed by atoms with Crippen LogP contribution in [0.2, 0.25) is 0 Å². The Morgan fingerprint density at radius 1 is 1.28 bits per heavy atom. The highest BCUT2D eigenvalue weighted by atomic mass is 16.5. The lowest BCUT2D eigenvalue weighted by Crippen LogP contribution is -2.52. The summed E-state index contributed by atoms with van der Waals surface area (Å²) in [4.78, 5) is 27.4. The average molecular weight is 256 g/mol. The lowest BCUT2D eigenvalue weighted by atomic mass is 9.86. The van der Waals surface area contributed by atoms with Gasteiger partial charge in [0.05, 0.1) is 13.2 Å². The molecular formula is C13H24N2O3. The zero-order valence-electron chi connectivity index (χ0n) is 12.4. The molecule has 1 saturated heterocycles. The van der Waals surface area contributed by atoms with Crippen molar-refractivity contribution >= 4 is 12.0 Å². The van der Waals surface area contributed by atoms with Crippen molar-refractivity contribution in [2.45, 2.75) is 46.2 Å². The second-order valence-corrected chi connectivity index (χ2v) is 6.44. The Balaban J connectivity index is 3.01. The number of rotatable bonds is 2. The molecule has 5 nitrogen and oxygen atoms in total. The monoisotopic (exact) mass is 256 g/mol. The Labute approximate surface area is 109 Å². The molecule has 0 radical (unpaired) electrons. The van der Waals surface area contributed by atoms with Crippen LogP contribution in [0.5, 0.6) is 0 Å². The van der Waals surface area contributed by atoms with Crippen LogP contribution >= 0.6 is 0 Å². The highest BCUT2D eigenvalue weighted by Crippen LogP contribution is 2.33. The number of carbonyl (C=O) groups excluding carboxylic acids is 2. The molecule has 0 aromatic carbocycles. The molecule has 18 heavy (non-hydrogen) atoms. The van der Waals surface area contributed by atoms with Crippen molar-refractivity contribution in [3.63, 3.8) is 0 Å². The highest BCUT2D eigenvalue weighted by molar-refractivity contribution is 5.88. The number of ether oxygens (including phenoxy) is 1. The molecule has 0 bridgehead atoms. The molecule has 2 amide bonds. The van der Waals surface area contributed by atoms with Gasteiger partial charge in [-0.1, -0.05) is 20.8 Å². The van der Waals surface area contributed by atoms with Gasteiger partial charge in [-0.25, -0.2) is 9.59 Å². The molecule has 1 aliphatic heterocycles. The van der Waals surface area contributed by atoms with Gasteiger partial charge in [0.1, 0.15) is 5.54 Å². The number of nitrogens with zero attached hydrogens (tertiary/aromatic N) is 2. The molecule has 1 heterocycles. The van der Waals surface area contributed by atoms with Crippen LogP contribution in [0.3, 0.4) is 0 Å². The Morgan fingerprint density at radius 2 is 1.78 bits per heavy atom. The van der Waals surface area contributed by atoms with E-state index in [1.54, 1.807) is 30.7 Å². The van der Waals surface area contributed by atoms with Crippen molar-refractivity contribution in [3.05, 3.63) is 0 Å². The first-order chi connectivity index (χ1) is 8.03. The van der Waals surface area contributed by atoms with Gasteiger partial charge in [-0.3, -0.25) is 0 Å². The van der Waals surface area contributed by atoms with Crippen molar-refractivity contribution in [2.75, 3.05) is 20.7 Å². The van der Waals surface area contributed by atoms with Crippen LogP contribution in [-0.2, 0) is 9.53 Å². The maximum atomic E-state index is 12.3. The molecular weight excluding hydrogens is 232 g/mol. The van der Waals surface area contributed by atoms with Gasteiger partial charge in [-0.2, -0.15) is 0 Å². The predicted molar refractivity (Wildman–Crippen MR) is 69.2 cm³/mol. The largest absolute Gasteiger partial charge is 0.467 e. The summed E-state index contributed by atoms with van der Waals surface area (Å²) in [6, 6.07) is -0.0285. The normalized spacial score (nSPS) is 21.5. The third-order valence-electron chi connectivity index (χ3n) is 3.72. The van der Waals surface area contributed by atoms with E-state index in [1.807, 2.05) is 0 Å². The van der Waals surface area contributed by atoms with Gasteiger partial charge in [0, 0.05) is 13.6 Å². The molecule has 0 aliphatic carbocycles. The van der Waals surface area contributed by atoms with E-state index in [-0.39, 0.29) is 23.5 Å². The molecule has 104 valence electrons. The lowest BCUT2D eigenvalue weighted by Gasteiger charge is -2.33. The molecule has 0 aromatic heterocycles. The van der Waals surface area contributed by atoms with E-state index in [2.05, 4.69) is 20.8 Å². The standard InChI is InChI=1S/C13H24N2O3/c1-12(2,3)9-8-15(11(17)14(9)6)13(4,5)10(16)18-7/h9H,8H2,1-7H3. The second kappa shape index (κ2) is 4.44. The predicted octanol–water partition coefficient (Wildman–Crippen LogP) is 1.72. The van der Waals surface area contributed by atoms with Gasteiger partial charge in [-0.15, -0.1) is 0 Å². The minimum absolute atomic E-state index is 0.0225. The Hall–Kier alpha value is -1.26. The van der Waals surface area contributed by atoms with Gasteiger partial charge in [-0.05, 0) is 19.3 Å². The zero-order chi connectivity index (χ0) is 14.3. The van der Waals surface area contributed by atoms with Gasteiger partial charge in [0.2, 0.25) is 0 Å². The first-order valence-electron chi connectivity index (χ1n) is 6.16. The molecule has 1 unspecified atom stereocenters. The van der Waals surface area contributed by atoms with Crippen molar-refractivity contribution in [3.8, 4) is 0 Å². The smallest absolute Gasteiger partial charge is 0.331 e. The summed E-state index contributed by atoms with van der Waals surface area (Å²) in [7, 11) is 3.13. The summed E-state index contributed by atoms with van der Waals surface area (Å²) in [6.45, 7) is 10.3. The minimum atomic E-state index is -0.930. The molecule has 0 aromatic rings. The van der Waals surface area contributed by atoms with Crippen molar-refractivity contribution in [2.24, 2.45) is 5.41 Å². The fourth-order valence-electron chi connectivity index (χ4n) is 2.38. The number of methoxy groups -OCH3 is 1. The molecule has 1 rings (SSSR count). The van der Waals surface area contributed by atoms with Crippen LogP contribution < -0.4 is 0 Å². The van der Waals surface area contributed by atoms with Crippen molar-refractivity contribution in [1.29, 1.82) is 0 Å². The minimum Gasteiger partial charge on any atom is -0.467 e. The highest BCUT2D eigenvalue weighted by Gasteiger charge is 2.49. The second-order valence-electron chi connectivity index (χ2n) is 6.44. The van der Waals surface area contributed by atoms with E-state index >= 15 is 0 Å². The summed E-state index contributed by atoms with van der Waals surface area (Å²) in [5, 5.41) is 0. The number of carbonyl (C=O) groups is 2. The number of esters is 1. The maximum absolute atomic E-state index is 12.3. The Morgan fingerprint density at radius 3 is 2.11 bits per heavy atom. The lowest BCUT2D eigenvalue weighted by molar-refractivity contribution is -0.151. The van der Waals surface area contributed by atoms with Crippen molar-refractivity contribution < 1.29 is 14.3 Å². The van der Waals surface area contributed by atoms with Gasteiger partial charge < -0.3 is 14.5 Å². The third-order valence-corrected chi connectivity index (χ3v) is 3.72. The molecule has 0 spiro atoms. The average Bonchev–Trinajstić information content (AvgIpc) is 2.54.